The molecule has 0 fully saturated rings. The number of benzene rings is 4. The van der Waals surface area contributed by atoms with Gasteiger partial charge in [-0.15, -0.1) is 0 Å². The molecular weight excluding hydrogens is 592 g/mol. The summed E-state index contributed by atoms with van der Waals surface area (Å²) in [5.41, 5.74) is 6.58. The number of methoxy groups -OCH3 is 2. The maximum absolute atomic E-state index is 12.5. The molecule has 0 aliphatic carbocycles. The van der Waals surface area contributed by atoms with Gasteiger partial charge in [-0.3, -0.25) is 9.59 Å². The predicted molar refractivity (Wildman–Crippen MR) is 194 cm³/mol. The van der Waals surface area contributed by atoms with E-state index in [9.17, 15) is 9.59 Å². The molecule has 0 saturated heterocycles. The normalized spacial score (nSPS) is 13.0. The van der Waals surface area contributed by atoms with Gasteiger partial charge < -0.3 is 9.47 Å². The highest BCUT2D eigenvalue weighted by molar-refractivity contribution is 5.69. The van der Waals surface area contributed by atoms with Gasteiger partial charge in [0, 0.05) is 24.0 Å². The van der Waals surface area contributed by atoms with Crippen molar-refractivity contribution in [1.82, 2.24) is 0 Å². The SMILES string of the molecule is COC(=O)CCC[C@@](C#Cc1ccc(C)cc1)(c1ccc(C)cc1)[C@](C#Cc1ccc(C)cc1)(CCCC(=O)OC)c1ccc(C)cc1. The Morgan fingerprint density at radius 3 is 1.08 bits per heavy atom. The summed E-state index contributed by atoms with van der Waals surface area (Å²) in [4.78, 5) is 25.1. The van der Waals surface area contributed by atoms with Crippen molar-refractivity contribution in [3.63, 3.8) is 0 Å². The lowest BCUT2D eigenvalue weighted by Crippen LogP contribution is -2.48. The Balaban J connectivity index is 2.13. The number of hydrogen-bond donors (Lipinski definition) is 0. The second-order valence-corrected chi connectivity index (χ2v) is 12.6. The number of hydrogen-bond acceptors (Lipinski definition) is 4. The monoisotopic (exact) mass is 638 g/mol. The zero-order chi connectivity index (χ0) is 34.6. The minimum absolute atomic E-state index is 0.244. The van der Waals surface area contributed by atoms with Gasteiger partial charge in [0.1, 0.15) is 0 Å². The summed E-state index contributed by atoms with van der Waals surface area (Å²) < 4.78 is 10.1. The molecule has 4 aromatic carbocycles. The van der Waals surface area contributed by atoms with E-state index in [1.165, 1.54) is 14.2 Å². The van der Waals surface area contributed by atoms with Crippen LogP contribution in [0.5, 0.6) is 0 Å². The summed E-state index contributed by atoms with van der Waals surface area (Å²) in [7, 11) is 2.84. The fourth-order valence-corrected chi connectivity index (χ4v) is 6.20. The molecule has 0 spiro atoms. The van der Waals surface area contributed by atoms with Crippen LogP contribution in [0.4, 0.5) is 0 Å². The van der Waals surface area contributed by atoms with Crippen LogP contribution in [0, 0.1) is 51.4 Å². The molecule has 4 nitrogen and oxygen atoms in total. The van der Waals surface area contributed by atoms with Crippen LogP contribution in [0.2, 0.25) is 0 Å². The van der Waals surface area contributed by atoms with Gasteiger partial charge in [-0.05, 0) is 88.8 Å². The Morgan fingerprint density at radius 1 is 0.500 bits per heavy atom. The number of carbonyl (C=O) groups excluding carboxylic acids is 2. The minimum atomic E-state index is -0.900. The maximum Gasteiger partial charge on any atom is 0.305 e. The molecule has 0 bridgehead atoms. The van der Waals surface area contributed by atoms with Gasteiger partial charge in [0.25, 0.3) is 0 Å². The molecule has 0 aromatic heterocycles. The number of esters is 2. The van der Waals surface area contributed by atoms with E-state index in [0.717, 1.165) is 44.5 Å². The van der Waals surface area contributed by atoms with Crippen molar-refractivity contribution in [1.29, 1.82) is 0 Å². The standard InChI is InChI=1S/C44H46O4/c1-33-11-19-37(20-12-33)27-31-43(29-7-9-41(45)47-5,39-23-15-35(3)16-24-39)44(30-8-10-42(46)48-6,40-25-17-36(4)18-26-40)32-28-38-21-13-34(2)14-22-38/h11-26H,7-10,29-30H2,1-6H3/t43-,44+. The first-order valence-electron chi connectivity index (χ1n) is 16.6. The molecule has 0 aliphatic heterocycles. The van der Waals surface area contributed by atoms with Crippen LogP contribution < -0.4 is 0 Å². The molecule has 0 radical (unpaired) electrons. The van der Waals surface area contributed by atoms with E-state index in [1.807, 2.05) is 24.3 Å². The number of rotatable bonds is 11. The van der Waals surface area contributed by atoms with Gasteiger partial charge in [-0.2, -0.15) is 0 Å². The van der Waals surface area contributed by atoms with Crippen LogP contribution in [0.1, 0.15) is 83.0 Å². The molecule has 4 aromatic rings. The zero-order valence-electron chi connectivity index (χ0n) is 29.1. The van der Waals surface area contributed by atoms with Gasteiger partial charge in [-0.1, -0.05) is 119 Å². The Kier molecular flexibility index (Phi) is 12.4. The Morgan fingerprint density at radius 2 is 0.792 bits per heavy atom. The van der Waals surface area contributed by atoms with Gasteiger partial charge in [0.2, 0.25) is 0 Å². The highest BCUT2D eigenvalue weighted by Gasteiger charge is 2.51. The molecule has 0 saturated carbocycles. The molecule has 0 unspecified atom stereocenters. The van der Waals surface area contributed by atoms with Gasteiger partial charge in [0.05, 0.1) is 25.0 Å². The van der Waals surface area contributed by atoms with E-state index < -0.39 is 10.8 Å². The molecule has 2 atom stereocenters. The fourth-order valence-electron chi connectivity index (χ4n) is 6.20. The number of ether oxygens (including phenoxy) is 2. The fraction of sp³-hybridized carbons (Fsp3) is 0.318. The Labute approximate surface area is 286 Å². The van der Waals surface area contributed by atoms with Crippen LogP contribution >= 0.6 is 0 Å². The van der Waals surface area contributed by atoms with Crippen molar-refractivity contribution >= 4 is 11.9 Å². The van der Waals surface area contributed by atoms with Gasteiger partial charge in [-0.25, -0.2) is 0 Å². The second-order valence-electron chi connectivity index (χ2n) is 12.6. The van der Waals surface area contributed by atoms with E-state index in [2.05, 4.69) is 124 Å². The van der Waals surface area contributed by atoms with Crippen molar-refractivity contribution < 1.29 is 19.1 Å². The van der Waals surface area contributed by atoms with Crippen LogP contribution in [0.25, 0.3) is 0 Å². The third-order valence-electron chi connectivity index (χ3n) is 9.08. The van der Waals surface area contributed by atoms with Crippen LogP contribution in [-0.2, 0) is 29.9 Å². The molecule has 0 aliphatic rings. The lowest BCUT2D eigenvalue weighted by Gasteiger charge is -2.46. The van der Waals surface area contributed by atoms with E-state index in [1.54, 1.807) is 0 Å². The van der Waals surface area contributed by atoms with E-state index in [0.29, 0.717) is 25.7 Å². The summed E-state index contributed by atoms with van der Waals surface area (Å²) in [5.74, 6) is 14.2. The number of aryl methyl sites for hydroxylation is 4. The lowest BCUT2D eigenvalue weighted by molar-refractivity contribution is -0.141. The summed E-state index contributed by atoms with van der Waals surface area (Å²) in [6.07, 6.45) is 2.60. The lowest BCUT2D eigenvalue weighted by atomic mass is 9.53. The second kappa shape index (κ2) is 16.7. The Bertz CT molecular complexity index is 1660. The van der Waals surface area contributed by atoms with Crippen LogP contribution in [0.3, 0.4) is 0 Å². The maximum atomic E-state index is 12.5. The van der Waals surface area contributed by atoms with Gasteiger partial charge in [0.15, 0.2) is 0 Å². The van der Waals surface area contributed by atoms with E-state index in [4.69, 9.17) is 9.47 Å². The van der Waals surface area contributed by atoms with Crippen molar-refractivity contribution in [3.05, 3.63) is 142 Å². The van der Waals surface area contributed by atoms with Crippen LogP contribution in [0.15, 0.2) is 97.1 Å². The summed E-state index contributed by atoms with van der Waals surface area (Å²) in [5, 5.41) is 0. The first kappa shape index (κ1) is 35.8. The first-order valence-corrected chi connectivity index (χ1v) is 16.6. The molecule has 4 heteroatoms. The predicted octanol–water partition coefficient (Wildman–Crippen LogP) is 8.89. The third kappa shape index (κ3) is 8.84. The average Bonchev–Trinajstić information content (AvgIpc) is 3.10. The van der Waals surface area contributed by atoms with Crippen molar-refractivity contribution in [2.45, 2.75) is 77.0 Å². The third-order valence-corrected chi connectivity index (χ3v) is 9.08. The Hall–Kier alpha value is -5.06. The highest BCUT2D eigenvalue weighted by atomic mass is 16.5. The highest BCUT2D eigenvalue weighted by Crippen LogP contribution is 2.51. The zero-order valence-corrected chi connectivity index (χ0v) is 29.1. The molecule has 0 amide bonds. The molecule has 0 heterocycles. The van der Waals surface area contributed by atoms with Crippen LogP contribution in [-0.4, -0.2) is 26.2 Å². The molecular formula is C44H46O4. The van der Waals surface area contributed by atoms with Crippen molar-refractivity contribution in [3.8, 4) is 23.7 Å². The average molecular weight is 639 g/mol. The summed E-state index contributed by atoms with van der Waals surface area (Å²) in [6.45, 7) is 8.26. The van der Waals surface area contributed by atoms with Gasteiger partial charge >= 0.3 is 11.9 Å². The summed E-state index contributed by atoms with van der Waals surface area (Å²) >= 11 is 0. The van der Waals surface area contributed by atoms with Crippen molar-refractivity contribution in [2.24, 2.45) is 0 Å². The van der Waals surface area contributed by atoms with E-state index >= 15 is 0 Å². The van der Waals surface area contributed by atoms with Crippen molar-refractivity contribution in [2.75, 3.05) is 14.2 Å². The minimum Gasteiger partial charge on any atom is -0.469 e. The van der Waals surface area contributed by atoms with E-state index in [-0.39, 0.29) is 24.8 Å². The first-order chi connectivity index (χ1) is 23.1. The quantitative estimate of drug-likeness (QED) is 0.122. The molecule has 246 valence electrons. The number of carbonyl (C=O) groups is 2. The summed E-state index contributed by atoms with van der Waals surface area (Å²) in [6, 6.07) is 33.5. The molecule has 4 rings (SSSR count). The largest absolute Gasteiger partial charge is 0.469 e. The topological polar surface area (TPSA) is 52.6 Å². The molecule has 0 N–H and O–H groups in total. The smallest absolute Gasteiger partial charge is 0.305 e. The molecule has 48 heavy (non-hydrogen) atoms.